The molecular formula is C16H16O5. The lowest BCUT2D eigenvalue weighted by Crippen LogP contribution is -2.07. The monoisotopic (exact) mass is 288 g/mol. The van der Waals surface area contributed by atoms with Crippen LogP contribution < -0.4 is 0 Å². The van der Waals surface area contributed by atoms with E-state index in [2.05, 4.69) is 0 Å². The van der Waals surface area contributed by atoms with Gasteiger partial charge in [0.2, 0.25) is 5.76 Å². The molecule has 0 fully saturated rings. The Balaban J connectivity index is 2.57. The standard InChI is InChI=1S/C16H16O5/c1-4-20-16(19)12-8-10(3)9(2)7-11(12)13-5-6-14(21-13)15(17)18/h5-8H,4H2,1-3H3,(H,17,18). The van der Waals surface area contributed by atoms with Crippen LogP contribution in [0, 0.1) is 13.8 Å². The first-order chi connectivity index (χ1) is 9.93. The summed E-state index contributed by atoms with van der Waals surface area (Å²) in [6.45, 7) is 5.80. The van der Waals surface area contributed by atoms with Gasteiger partial charge < -0.3 is 14.3 Å². The Bertz CT molecular complexity index is 697. The number of furan rings is 1. The molecule has 21 heavy (non-hydrogen) atoms. The molecule has 0 saturated carbocycles. The summed E-state index contributed by atoms with van der Waals surface area (Å²) in [6.07, 6.45) is 0. The van der Waals surface area contributed by atoms with Crippen molar-refractivity contribution < 1.29 is 23.8 Å². The summed E-state index contributed by atoms with van der Waals surface area (Å²) in [5, 5.41) is 8.92. The van der Waals surface area contributed by atoms with E-state index >= 15 is 0 Å². The van der Waals surface area contributed by atoms with Gasteiger partial charge in [0.15, 0.2) is 0 Å². The van der Waals surface area contributed by atoms with E-state index in [9.17, 15) is 9.59 Å². The zero-order chi connectivity index (χ0) is 15.6. The molecular weight excluding hydrogens is 272 g/mol. The number of ether oxygens (including phenoxy) is 1. The van der Waals surface area contributed by atoms with E-state index in [0.29, 0.717) is 16.9 Å². The first kappa shape index (κ1) is 14.8. The molecule has 1 heterocycles. The molecule has 0 radical (unpaired) electrons. The topological polar surface area (TPSA) is 76.7 Å². The quantitative estimate of drug-likeness (QED) is 0.872. The fraction of sp³-hybridized carbons (Fsp3) is 0.250. The van der Waals surface area contributed by atoms with E-state index in [1.165, 1.54) is 12.1 Å². The number of hydrogen-bond acceptors (Lipinski definition) is 4. The molecule has 2 rings (SSSR count). The molecule has 1 aromatic heterocycles. The average Bonchev–Trinajstić information content (AvgIpc) is 2.91. The number of esters is 1. The lowest BCUT2D eigenvalue weighted by atomic mass is 9.98. The van der Waals surface area contributed by atoms with Crippen molar-refractivity contribution in [3.8, 4) is 11.3 Å². The van der Waals surface area contributed by atoms with Gasteiger partial charge in [-0.05, 0) is 56.2 Å². The molecule has 5 heteroatoms. The highest BCUT2D eigenvalue weighted by molar-refractivity contribution is 5.97. The highest BCUT2D eigenvalue weighted by Crippen LogP contribution is 2.29. The van der Waals surface area contributed by atoms with Crippen LogP contribution in [0.1, 0.15) is 39.0 Å². The fourth-order valence-corrected chi connectivity index (χ4v) is 2.00. The van der Waals surface area contributed by atoms with E-state index in [0.717, 1.165) is 11.1 Å². The van der Waals surface area contributed by atoms with E-state index in [1.54, 1.807) is 19.1 Å². The predicted octanol–water partition coefficient (Wildman–Crippen LogP) is 3.44. The summed E-state index contributed by atoms with van der Waals surface area (Å²) < 4.78 is 10.3. The van der Waals surface area contributed by atoms with Crippen molar-refractivity contribution in [3.63, 3.8) is 0 Å². The maximum atomic E-state index is 12.1. The number of carboxylic acids is 1. The third kappa shape index (κ3) is 2.97. The molecule has 5 nitrogen and oxygen atoms in total. The van der Waals surface area contributed by atoms with Crippen LogP contribution in [0.2, 0.25) is 0 Å². The molecule has 0 aliphatic rings. The highest BCUT2D eigenvalue weighted by Gasteiger charge is 2.19. The minimum Gasteiger partial charge on any atom is -0.475 e. The third-order valence-corrected chi connectivity index (χ3v) is 3.21. The molecule has 0 aliphatic heterocycles. The number of carbonyl (C=O) groups is 2. The molecule has 110 valence electrons. The Labute approximate surface area is 122 Å². The minimum absolute atomic E-state index is 0.168. The Morgan fingerprint density at radius 3 is 2.43 bits per heavy atom. The average molecular weight is 288 g/mol. The third-order valence-electron chi connectivity index (χ3n) is 3.21. The van der Waals surface area contributed by atoms with Gasteiger partial charge in [-0.3, -0.25) is 0 Å². The summed E-state index contributed by atoms with van der Waals surface area (Å²) in [6, 6.07) is 6.43. The molecule has 1 aromatic carbocycles. The summed E-state index contributed by atoms with van der Waals surface area (Å²) in [7, 11) is 0. The Kier molecular flexibility index (Phi) is 4.12. The first-order valence-electron chi connectivity index (χ1n) is 6.56. The summed E-state index contributed by atoms with van der Waals surface area (Å²) in [5.41, 5.74) is 2.83. The maximum absolute atomic E-state index is 12.1. The fourth-order valence-electron chi connectivity index (χ4n) is 2.00. The van der Waals surface area contributed by atoms with Crippen molar-refractivity contribution in [2.75, 3.05) is 6.61 Å². The van der Waals surface area contributed by atoms with E-state index in [-0.39, 0.29) is 12.4 Å². The van der Waals surface area contributed by atoms with E-state index < -0.39 is 11.9 Å². The molecule has 0 bridgehead atoms. The van der Waals surface area contributed by atoms with Crippen molar-refractivity contribution >= 4 is 11.9 Å². The van der Waals surface area contributed by atoms with E-state index in [4.69, 9.17) is 14.3 Å². The SMILES string of the molecule is CCOC(=O)c1cc(C)c(C)cc1-c1ccc(C(=O)O)o1. The van der Waals surface area contributed by atoms with Gasteiger partial charge in [-0.2, -0.15) is 0 Å². The molecule has 0 unspecified atom stereocenters. The van der Waals surface area contributed by atoms with Crippen molar-refractivity contribution in [3.05, 3.63) is 46.7 Å². The number of hydrogen-bond donors (Lipinski definition) is 1. The molecule has 0 amide bonds. The second kappa shape index (κ2) is 5.83. The van der Waals surface area contributed by atoms with Crippen LogP contribution >= 0.6 is 0 Å². The Morgan fingerprint density at radius 2 is 1.86 bits per heavy atom. The zero-order valence-corrected chi connectivity index (χ0v) is 12.1. The smallest absolute Gasteiger partial charge is 0.371 e. The van der Waals surface area contributed by atoms with Crippen molar-refractivity contribution in [2.45, 2.75) is 20.8 Å². The molecule has 0 spiro atoms. The summed E-state index contributed by atoms with van der Waals surface area (Å²) >= 11 is 0. The molecule has 0 atom stereocenters. The van der Waals surface area contributed by atoms with Crippen LogP contribution in [0.4, 0.5) is 0 Å². The normalized spacial score (nSPS) is 10.4. The van der Waals surface area contributed by atoms with E-state index in [1.807, 2.05) is 13.8 Å². The van der Waals surface area contributed by atoms with Gasteiger partial charge in [0.1, 0.15) is 5.76 Å². The second-order valence-corrected chi connectivity index (χ2v) is 4.67. The number of rotatable bonds is 4. The lowest BCUT2D eigenvalue weighted by molar-refractivity contribution is 0.0526. The number of aromatic carboxylic acids is 1. The van der Waals surface area contributed by atoms with Crippen LogP contribution in [0.15, 0.2) is 28.7 Å². The van der Waals surface area contributed by atoms with Crippen LogP contribution in [-0.2, 0) is 4.74 Å². The molecule has 1 N–H and O–H groups in total. The van der Waals surface area contributed by atoms with Crippen molar-refractivity contribution in [2.24, 2.45) is 0 Å². The van der Waals surface area contributed by atoms with Crippen LogP contribution in [0.3, 0.4) is 0 Å². The number of benzene rings is 1. The minimum atomic E-state index is -1.15. The zero-order valence-electron chi connectivity index (χ0n) is 12.1. The van der Waals surface area contributed by atoms with Gasteiger partial charge in [-0.25, -0.2) is 9.59 Å². The predicted molar refractivity (Wildman–Crippen MR) is 76.5 cm³/mol. The molecule has 2 aromatic rings. The van der Waals surface area contributed by atoms with Gasteiger partial charge >= 0.3 is 11.9 Å². The number of aryl methyl sites for hydroxylation is 2. The summed E-state index contributed by atoms with van der Waals surface area (Å²) in [4.78, 5) is 23.0. The van der Waals surface area contributed by atoms with Crippen molar-refractivity contribution in [1.82, 2.24) is 0 Å². The maximum Gasteiger partial charge on any atom is 0.371 e. The van der Waals surface area contributed by atoms with Gasteiger partial charge in [0.05, 0.1) is 12.2 Å². The lowest BCUT2D eigenvalue weighted by Gasteiger charge is -2.10. The summed E-state index contributed by atoms with van der Waals surface area (Å²) in [5.74, 6) is -1.44. The Hall–Kier alpha value is -2.56. The van der Waals surface area contributed by atoms with Gasteiger partial charge in [-0.1, -0.05) is 0 Å². The molecule has 0 aliphatic carbocycles. The highest BCUT2D eigenvalue weighted by atomic mass is 16.5. The number of carboxylic acid groups (broad SMARTS) is 1. The van der Waals surface area contributed by atoms with Gasteiger partial charge in [0, 0.05) is 5.56 Å². The van der Waals surface area contributed by atoms with Crippen LogP contribution in [0.5, 0.6) is 0 Å². The number of carbonyl (C=O) groups excluding carboxylic acids is 1. The molecule has 0 saturated heterocycles. The Morgan fingerprint density at radius 1 is 1.19 bits per heavy atom. The van der Waals surface area contributed by atoms with Gasteiger partial charge in [0.25, 0.3) is 0 Å². The largest absolute Gasteiger partial charge is 0.475 e. The van der Waals surface area contributed by atoms with Crippen LogP contribution in [0.25, 0.3) is 11.3 Å². The van der Waals surface area contributed by atoms with Gasteiger partial charge in [-0.15, -0.1) is 0 Å². The second-order valence-electron chi connectivity index (χ2n) is 4.67. The van der Waals surface area contributed by atoms with Crippen LogP contribution in [-0.4, -0.2) is 23.7 Å². The van der Waals surface area contributed by atoms with Crippen molar-refractivity contribution in [1.29, 1.82) is 0 Å². The first-order valence-corrected chi connectivity index (χ1v) is 6.56.